The van der Waals surface area contributed by atoms with Crippen molar-refractivity contribution in [2.45, 2.75) is 56.2 Å². The highest BCUT2D eigenvalue weighted by atomic mass is 32.2. The van der Waals surface area contributed by atoms with Crippen LogP contribution < -0.4 is 0 Å². The molecular weight excluding hydrogens is 252 g/mol. The third-order valence-corrected chi connectivity index (χ3v) is 6.27. The SMILES string of the molecule is [N-]=[N+]=NC1CCCN(S(=O)(=O)C2CCCCC2)C1. The quantitative estimate of drug-likeness (QED) is 0.449. The van der Waals surface area contributed by atoms with Crippen LogP contribution in [0.4, 0.5) is 0 Å². The minimum Gasteiger partial charge on any atom is -0.212 e. The van der Waals surface area contributed by atoms with Gasteiger partial charge in [-0.2, -0.15) is 0 Å². The molecule has 2 aliphatic rings. The zero-order valence-corrected chi connectivity index (χ0v) is 11.3. The van der Waals surface area contributed by atoms with E-state index in [9.17, 15) is 8.42 Å². The molecule has 0 N–H and O–H groups in total. The van der Waals surface area contributed by atoms with Crippen LogP contribution in [-0.4, -0.2) is 37.1 Å². The van der Waals surface area contributed by atoms with Gasteiger partial charge in [0.15, 0.2) is 0 Å². The molecule has 2 rings (SSSR count). The van der Waals surface area contributed by atoms with Gasteiger partial charge in [0.2, 0.25) is 10.0 Å². The average molecular weight is 272 g/mol. The molecule has 1 unspecified atom stereocenters. The van der Waals surface area contributed by atoms with Gasteiger partial charge in [-0.15, -0.1) is 0 Å². The monoisotopic (exact) mass is 272 g/mol. The molecule has 1 aliphatic heterocycles. The molecule has 0 aromatic rings. The number of azide groups is 1. The Hall–Kier alpha value is -0.780. The van der Waals surface area contributed by atoms with Crippen LogP contribution in [0.25, 0.3) is 10.4 Å². The second kappa shape index (κ2) is 5.91. The van der Waals surface area contributed by atoms with Crippen LogP contribution in [0.3, 0.4) is 0 Å². The Kier molecular flexibility index (Phi) is 4.48. The first kappa shape index (κ1) is 13.6. The van der Waals surface area contributed by atoms with Gasteiger partial charge >= 0.3 is 0 Å². The number of piperidine rings is 1. The molecule has 0 bridgehead atoms. The molecular formula is C11H20N4O2S. The molecule has 0 radical (unpaired) electrons. The van der Waals surface area contributed by atoms with E-state index in [4.69, 9.17) is 5.53 Å². The molecule has 6 nitrogen and oxygen atoms in total. The third-order valence-electron chi connectivity index (χ3n) is 3.91. The molecule has 2 fully saturated rings. The van der Waals surface area contributed by atoms with Crippen molar-refractivity contribution in [3.8, 4) is 0 Å². The van der Waals surface area contributed by atoms with E-state index in [-0.39, 0.29) is 11.3 Å². The Balaban J connectivity index is 2.06. The number of hydrogen-bond donors (Lipinski definition) is 0. The molecule has 1 saturated carbocycles. The molecule has 102 valence electrons. The molecule has 1 saturated heterocycles. The van der Waals surface area contributed by atoms with E-state index >= 15 is 0 Å². The van der Waals surface area contributed by atoms with Crippen LogP contribution in [0.2, 0.25) is 0 Å². The van der Waals surface area contributed by atoms with Crippen molar-refractivity contribution in [2.75, 3.05) is 13.1 Å². The number of nitrogens with zero attached hydrogens (tertiary/aromatic N) is 4. The smallest absolute Gasteiger partial charge is 0.212 e. The zero-order chi connectivity index (χ0) is 13.0. The molecule has 1 atom stereocenters. The standard InChI is InChI=1S/C11H20N4O2S/c12-14-13-10-5-4-8-15(9-10)18(16,17)11-6-2-1-3-7-11/h10-11H,1-9H2. The lowest BCUT2D eigenvalue weighted by molar-refractivity contribution is 0.307. The lowest BCUT2D eigenvalue weighted by Crippen LogP contribution is -2.46. The van der Waals surface area contributed by atoms with Crippen molar-refractivity contribution in [3.63, 3.8) is 0 Å². The summed E-state index contributed by atoms with van der Waals surface area (Å²) in [5.74, 6) is 0. The second-order valence-corrected chi connectivity index (χ2v) is 7.38. The molecule has 18 heavy (non-hydrogen) atoms. The Morgan fingerprint density at radius 1 is 1.11 bits per heavy atom. The fourth-order valence-electron chi connectivity index (χ4n) is 2.89. The van der Waals surface area contributed by atoms with Gasteiger partial charge in [-0.1, -0.05) is 24.4 Å². The molecule has 0 aromatic heterocycles. The second-order valence-electron chi connectivity index (χ2n) is 5.16. The highest BCUT2D eigenvalue weighted by Gasteiger charge is 2.35. The average Bonchev–Trinajstić information content (AvgIpc) is 2.40. The summed E-state index contributed by atoms with van der Waals surface area (Å²) in [5.41, 5.74) is 8.45. The van der Waals surface area contributed by atoms with E-state index in [0.717, 1.165) is 44.9 Å². The highest BCUT2D eigenvalue weighted by molar-refractivity contribution is 7.89. The van der Waals surface area contributed by atoms with E-state index in [1.54, 1.807) is 4.31 Å². The van der Waals surface area contributed by atoms with Crippen molar-refractivity contribution in [2.24, 2.45) is 5.11 Å². The Morgan fingerprint density at radius 3 is 2.50 bits per heavy atom. The maximum atomic E-state index is 12.5. The van der Waals surface area contributed by atoms with E-state index < -0.39 is 10.0 Å². The molecule has 7 heteroatoms. The third kappa shape index (κ3) is 2.96. The van der Waals surface area contributed by atoms with Crippen LogP contribution in [-0.2, 0) is 10.0 Å². The Bertz CT molecular complexity index is 424. The Morgan fingerprint density at radius 2 is 1.83 bits per heavy atom. The van der Waals surface area contributed by atoms with Crippen molar-refractivity contribution in [3.05, 3.63) is 10.4 Å². The highest BCUT2D eigenvalue weighted by Crippen LogP contribution is 2.28. The maximum absolute atomic E-state index is 12.5. The first-order valence-electron chi connectivity index (χ1n) is 6.68. The van der Waals surface area contributed by atoms with Crippen molar-refractivity contribution in [1.29, 1.82) is 0 Å². The fraction of sp³-hybridized carbons (Fsp3) is 1.00. The molecule has 1 aliphatic carbocycles. The van der Waals surface area contributed by atoms with Crippen LogP contribution in [0, 0.1) is 0 Å². The van der Waals surface area contributed by atoms with Gasteiger partial charge in [0, 0.05) is 18.0 Å². The summed E-state index contributed by atoms with van der Waals surface area (Å²) in [6.45, 7) is 0.944. The number of rotatable bonds is 3. The molecule has 0 spiro atoms. The van der Waals surface area contributed by atoms with Gasteiger partial charge in [-0.05, 0) is 31.2 Å². The van der Waals surface area contributed by atoms with Gasteiger partial charge in [0.1, 0.15) is 0 Å². The fourth-order valence-corrected chi connectivity index (χ4v) is 5.01. The predicted octanol–water partition coefficient (Wildman–Crippen LogP) is 2.42. The first-order valence-corrected chi connectivity index (χ1v) is 8.18. The number of hydrogen-bond acceptors (Lipinski definition) is 3. The topological polar surface area (TPSA) is 86.1 Å². The van der Waals surface area contributed by atoms with Crippen molar-refractivity contribution < 1.29 is 8.42 Å². The largest absolute Gasteiger partial charge is 0.216 e. The molecule has 1 heterocycles. The molecule has 0 amide bonds. The summed E-state index contributed by atoms with van der Waals surface area (Å²) in [6, 6.07) is -0.192. The maximum Gasteiger partial charge on any atom is 0.216 e. The van der Waals surface area contributed by atoms with Gasteiger partial charge in [0.25, 0.3) is 0 Å². The van der Waals surface area contributed by atoms with Crippen LogP contribution in [0.15, 0.2) is 5.11 Å². The van der Waals surface area contributed by atoms with E-state index in [1.807, 2.05) is 0 Å². The minimum absolute atomic E-state index is 0.192. The number of sulfonamides is 1. The summed E-state index contributed by atoms with van der Waals surface area (Å²) in [6.07, 6.45) is 6.31. The summed E-state index contributed by atoms with van der Waals surface area (Å²) >= 11 is 0. The lowest BCUT2D eigenvalue weighted by atomic mass is 10.0. The normalized spacial score (nSPS) is 27.7. The summed E-state index contributed by atoms with van der Waals surface area (Å²) in [7, 11) is -3.19. The van der Waals surface area contributed by atoms with E-state index in [0.29, 0.717) is 13.1 Å². The van der Waals surface area contributed by atoms with Crippen LogP contribution in [0.5, 0.6) is 0 Å². The van der Waals surface area contributed by atoms with Gasteiger partial charge in [0.05, 0.1) is 11.3 Å². The minimum atomic E-state index is -3.19. The zero-order valence-electron chi connectivity index (χ0n) is 10.5. The van der Waals surface area contributed by atoms with Gasteiger partial charge in [-0.3, -0.25) is 0 Å². The molecule has 0 aromatic carbocycles. The van der Waals surface area contributed by atoms with E-state index in [1.165, 1.54) is 0 Å². The van der Waals surface area contributed by atoms with Crippen molar-refractivity contribution in [1.82, 2.24) is 4.31 Å². The van der Waals surface area contributed by atoms with Crippen LogP contribution >= 0.6 is 0 Å². The summed E-state index contributed by atoms with van der Waals surface area (Å²) < 4.78 is 26.5. The summed E-state index contributed by atoms with van der Waals surface area (Å²) in [5, 5.41) is 3.45. The lowest BCUT2D eigenvalue weighted by Gasteiger charge is -2.34. The van der Waals surface area contributed by atoms with Crippen LogP contribution in [0.1, 0.15) is 44.9 Å². The summed E-state index contributed by atoms with van der Waals surface area (Å²) in [4.78, 5) is 2.79. The first-order chi connectivity index (χ1) is 8.64. The Labute approximate surface area is 108 Å². The van der Waals surface area contributed by atoms with Gasteiger partial charge in [-0.25, -0.2) is 12.7 Å². The predicted molar refractivity (Wildman–Crippen MR) is 69.5 cm³/mol. The van der Waals surface area contributed by atoms with Crippen molar-refractivity contribution >= 4 is 10.0 Å². The van der Waals surface area contributed by atoms with Gasteiger partial charge < -0.3 is 0 Å². The van der Waals surface area contributed by atoms with E-state index in [2.05, 4.69) is 10.0 Å².